The van der Waals surface area contributed by atoms with E-state index in [1.54, 1.807) is 6.20 Å². The molecule has 2 aromatic heterocycles. The number of hydrogen-bond acceptors (Lipinski definition) is 2. The van der Waals surface area contributed by atoms with E-state index in [0.29, 0.717) is 5.69 Å². The first-order valence-corrected chi connectivity index (χ1v) is 6.99. The summed E-state index contributed by atoms with van der Waals surface area (Å²) in [6.07, 6.45) is 4.53. The van der Waals surface area contributed by atoms with Crippen LogP contribution in [0.25, 0.3) is 0 Å². The number of aromatic amines is 1. The summed E-state index contributed by atoms with van der Waals surface area (Å²) >= 11 is 0. The van der Waals surface area contributed by atoms with E-state index in [4.69, 9.17) is 0 Å². The van der Waals surface area contributed by atoms with Gasteiger partial charge in [0.1, 0.15) is 11.5 Å². The highest BCUT2D eigenvalue weighted by atomic mass is 16.2. The monoisotopic (exact) mass is 274 g/mol. The molecule has 0 aliphatic rings. The van der Waals surface area contributed by atoms with Gasteiger partial charge < -0.3 is 14.9 Å². The first-order valence-electron chi connectivity index (χ1n) is 6.99. The van der Waals surface area contributed by atoms with Crippen molar-refractivity contribution >= 4 is 5.91 Å². The van der Waals surface area contributed by atoms with Crippen molar-refractivity contribution in [2.75, 3.05) is 0 Å². The Morgan fingerprint density at radius 1 is 1.45 bits per heavy atom. The highest BCUT2D eigenvalue weighted by Gasteiger charge is 2.23. The van der Waals surface area contributed by atoms with Gasteiger partial charge in [-0.1, -0.05) is 20.8 Å². The van der Waals surface area contributed by atoms with Crippen LogP contribution in [0.4, 0.5) is 0 Å². The van der Waals surface area contributed by atoms with E-state index < -0.39 is 0 Å². The summed E-state index contributed by atoms with van der Waals surface area (Å²) in [6, 6.07) is 3.67. The van der Waals surface area contributed by atoms with Crippen molar-refractivity contribution in [2.45, 2.75) is 33.2 Å². The lowest BCUT2D eigenvalue weighted by Gasteiger charge is -2.21. The van der Waals surface area contributed by atoms with E-state index in [0.717, 1.165) is 17.9 Å². The van der Waals surface area contributed by atoms with Crippen molar-refractivity contribution in [2.24, 2.45) is 13.0 Å². The van der Waals surface area contributed by atoms with Crippen LogP contribution in [0.1, 0.15) is 48.8 Å². The normalized spacial score (nSPS) is 12.7. The van der Waals surface area contributed by atoms with Crippen molar-refractivity contribution < 1.29 is 4.79 Å². The molecule has 0 aromatic carbocycles. The topological polar surface area (TPSA) is 62.7 Å². The van der Waals surface area contributed by atoms with E-state index in [2.05, 4.69) is 36.1 Å². The van der Waals surface area contributed by atoms with Gasteiger partial charge in [0.05, 0.1) is 6.04 Å². The minimum Gasteiger partial charge on any atom is -0.354 e. The van der Waals surface area contributed by atoms with Gasteiger partial charge in [-0.2, -0.15) is 0 Å². The number of aromatic nitrogens is 3. The summed E-state index contributed by atoms with van der Waals surface area (Å²) in [7, 11) is 1.94. The minimum absolute atomic E-state index is 0.0913. The highest BCUT2D eigenvalue weighted by molar-refractivity contribution is 5.92. The summed E-state index contributed by atoms with van der Waals surface area (Å²) in [6.45, 7) is 6.20. The van der Waals surface area contributed by atoms with Gasteiger partial charge in [-0.15, -0.1) is 0 Å². The molecule has 5 nitrogen and oxygen atoms in total. The van der Waals surface area contributed by atoms with Crippen LogP contribution >= 0.6 is 0 Å². The van der Waals surface area contributed by atoms with Crippen molar-refractivity contribution in [1.82, 2.24) is 19.9 Å². The predicted octanol–water partition coefficient (Wildman–Crippen LogP) is 2.44. The Labute approximate surface area is 119 Å². The Morgan fingerprint density at radius 3 is 2.70 bits per heavy atom. The number of carbonyl (C=O) groups is 1. The second-order valence-corrected chi connectivity index (χ2v) is 5.34. The van der Waals surface area contributed by atoms with Gasteiger partial charge in [0.25, 0.3) is 5.91 Å². The van der Waals surface area contributed by atoms with E-state index >= 15 is 0 Å². The molecule has 0 fully saturated rings. The molecule has 0 aliphatic carbocycles. The van der Waals surface area contributed by atoms with Gasteiger partial charge in [-0.3, -0.25) is 4.79 Å². The fraction of sp³-hybridized carbons (Fsp3) is 0.467. The standard InChI is InChI=1S/C15H22N4O/c1-5-11-6-7-12(17-11)15(20)18-13(10(2)3)14-16-8-9-19(14)4/h6-10,13,17H,5H2,1-4H3,(H,18,20)/t13-/m0/s1. The van der Waals surface area contributed by atoms with Gasteiger partial charge in [0, 0.05) is 25.1 Å². The first-order chi connectivity index (χ1) is 9.52. The maximum Gasteiger partial charge on any atom is 0.268 e. The first kappa shape index (κ1) is 14.4. The third-order valence-corrected chi connectivity index (χ3v) is 3.46. The number of imidazole rings is 1. The van der Waals surface area contributed by atoms with Gasteiger partial charge in [0.15, 0.2) is 0 Å². The van der Waals surface area contributed by atoms with Crippen molar-refractivity contribution in [3.8, 4) is 0 Å². The van der Waals surface area contributed by atoms with Crippen LogP contribution in [-0.2, 0) is 13.5 Å². The van der Waals surface area contributed by atoms with Crippen LogP contribution in [0.3, 0.4) is 0 Å². The largest absolute Gasteiger partial charge is 0.354 e. The zero-order chi connectivity index (χ0) is 14.7. The lowest BCUT2D eigenvalue weighted by molar-refractivity contribution is 0.0917. The number of nitrogens with one attached hydrogen (secondary N) is 2. The second-order valence-electron chi connectivity index (χ2n) is 5.34. The molecule has 2 N–H and O–H groups in total. The number of H-pyrrole nitrogens is 1. The summed E-state index contributed by atoms with van der Waals surface area (Å²) in [5, 5.41) is 3.06. The second kappa shape index (κ2) is 5.94. The molecule has 2 heterocycles. The van der Waals surface area contributed by atoms with Crippen LogP contribution < -0.4 is 5.32 Å². The number of carbonyl (C=O) groups excluding carboxylic acids is 1. The molecular weight excluding hydrogens is 252 g/mol. The third kappa shape index (κ3) is 2.92. The summed E-state index contributed by atoms with van der Waals surface area (Å²) in [5.41, 5.74) is 1.66. The summed E-state index contributed by atoms with van der Waals surface area (Å²) in [4.78, 5) is 19.8. The van der Waals surface area contributed by atoms with Crippen LogP contribution in [0.15, 0.2) is 24.5 Å². The van der Waals surface area contributed by atoms with E-state index in [-0.39, 0.29) is 17.9 Å². The zero-order valence-corrected chi connectivity index (χ0v) is 12.5. The maximum atomic E-state index is 12.3. The molecular formula is C15H22N4O. The molecule has 20 heavy (non-hydrogen) atoms. The van der Waals surface area contributed by atoms with Crippen molar-refractivity contribution in [3.63, 3.8) is 0 Å². The molecule has 0 spiro atoms. The van der Waals surface area contributed by atoms with E-state index in [9.17, 15) is 4.79 Å². The zero-order valence-electron chi connectivity index (χ0n) is 12.5. The van der Waals surface area contributed by atoms with Crippen molar-refractivity contribution in [3.05, 3.63) is 41.7 Å². The number of nitrogens with zero attached hydrogens (tertiary/aromatic N) is 2. The minimum atomic E-state index is -0.101. The number of aryl methyl sites for hydroxylation is 2. The Morgan fingerprint density at radius 2 is 2.20 bits per heavy atom. The van der Waals surface area contributed by atoms with Crippen molar-refractivity contribution in [1.29, 1.82) is 0 Å². The quantitative estimate of drug-likeness (QED) is 0.879. The lowest BCUT2D eigenvalue weighted by Crippen LogP contribution is -2.33. The van der Waals surface area contributed by atoms with Crippen LogP contribution in [-0.4, -0.2) is 20.4 Å². The van der Waals surface area contributed by atoms with Crippen LogP contribution in [0.5, 0.6) is 0 Å². The van der Waals surface area contributed by atoms with Crippen LogP contribution in [0, 0.1) is 5.92 Å². The maximum absolute atomic E-state index is 12.3. The fourth-order valence-corrected chi connectivity index (χ4v) is 2.20. The molecule has 0 saturated heterocycles. The third-order valence-electron chi connectivity index (χ3n) is 3.46. The highest BCUT2D eigenvalue weighted by Crippen LogP contribution is 2.20. The molecule has 0 unspecified atom stereocenters. The SMILES string of the molecule is CCc1ccc(C(=O)N[C@H](c2nccn2C)C(C)C)[nH]1. The number of rotatable bonds is 5. The summed E-state index contributed by atoms with van der Waals surface area (Å²) in [5.74, 6) is 1.04. The van der Waals surface area contributed by atoms with Gasteiger partial charge >= 0.3 is 0 Å². The molecule has 2 rings (SSSR count). The average molecular weight is 274 g/mol. The van der Waals surface area contributed by atoms with E-state index in [1.165, 1.54) is 0 Å². The fourth-order valence-electron chi connectivity index (χ4n) is 2.20. The molecule has 1 amide bonds. The molecule has 0 radical (unpaired) electrons. The number of amides is 1. The Bertz CT molecular complexity index is 582. The molecule has 5 heteroatoms. The molecule has 108 valence electrons. The van der Waals surface area contributed by atoms with Gasteiger partial charge in [-0.25, -0.2) is 4.98 Å². The van der Waals surface area contributed by atoms with Gasteiger partial charge in [-0.05, 0) is 24.5 Å². The molecule has 0 saturated carbocycles. The predicted molar refractivity (Wildman–Crippen MR) is 78.4 cm³/mol. The van der Waals surface area contributed by atoms with Crippen LogP contribution in [0.2, 0.25) is 0 Å². The smallest absolute Gasteiger partial charge is 0.268 e. The summed E-state index contributed by atoms with van der Waals surface area (Å²) < 4.78 is 1.94. The number of hydrogen-bond donors (Lipinski definition) is 2. The molecule has 0 bridgehead atoms. The van der Waals surface area contributed by atoms with E-state index in [1.807, 2.05) is 29.9 Å². The average Bonchev–Trinajstić information content (AvgIpc) is 3.04. The Hall–Kier alpha value is -2.04. The van der Waals surface area contributed by atoms with Gasteiger partial charge in [0.2, 0.25) is 0 Å². The molecule has 2 aromatic rings. The Balaban J connectivity index is 2.16. The Kier molecular flexibility index (Phi) is 4.27. The lowest BCUT2D eigenvalue weighted by atomic mass is 10.0. The molecule has 1 atom stereocenters. The molecule has 0 aliphatic heterocycles.